The van der Waals surface area contributed by atoms with Gasteiger partial charge in [0.2, 0.25) is 0 Å². The fraction of sp³-hybridized carbons (Fsp3) is 0.667. The number of rotatable bonds is 17. The van der Waals surface area contributed by atoms with E-state index in [9.17, 15) is 9.59 Å². The quantitative estimate of drug-likeness (QED) is 0.0948. The van der Waals surface area contributed by atoms with Gasteiger partial charge in [-0.3, -0.25) is 0 Å². The first kappa shape index (κ1) is 34.5. The molecule has 36 heavy (non-hydrogen) atoms. The molecule has 12 heteroatoms. The van der Waals surface area contributed by atoms with Gasteiger partial charge in [0.25, 0.3) is 0 Å². The van der Waals surface area contributed by atoms with Crippen LogP contribution in [0.2, 0.25) is 0 Å². The lowest BCUT2D eigenvalue weighted by molar-refractivity contribution is 0.0485. The number of carbonyl (C=O) groups is 2. The Bertz CT molecular complexity index is 780. The van der Waals surface area contributed by atoms with E-state index in [1.54, 1.807) is 0 Å². The summed E-state index contributed by atoms with van der Waals surface area (Å²) in [6.45, 7) is 2.17. The molecule has 1 aromatic carbocycles. The Kier molecular flexibility index (Phi) is 17.9. The van der Waals surface area contributed by atoms with Crippen molar-refractivity contribution in [1.82, 2.24) is 0 Å². The van der Waals surface area contributed by atoms with E-state index >= 15 is 0 Å². The van der Waals surface area contributed by atoms with Gasteiger partial charge in [0.15, 0.2) is 0 Å². The van der Waals surface area contributed by atoms with Crippen LogP contribution in [0.15, 0.2) is 24.3 Å². The van der Waals surface area contributed by atoms with Gasteiger partial charge in [-0.25, -0.2) is 9.59 Å². The van der Waals surface area contributed by atoms with Crippen molar-refractivity contribution in [2.75, 3.05) is 13.2 Å². The van der Waals surface area contributed by atoms with Crippen LogP contribution in [-0.4, -0.2) is 62.3 Å². The zero-order valence-electron chi connectivity index (χ0n) is 19.7. The SMILES string of the molecule is CCCC(Cl)C(Cl)CC(Cl)COC(=O)c1ccc(C(=O)OCCCC(Cl)C(Cl)C(Cl)CC(Cl)Cl)cc1. The lowest BCUT2D eigenvalue weighted by Crippen LogP contribution is -2.27. The number of esters is 2. The van der Waals surface area contributed by atoms with Gasteiger partial charge in [0.05, 0.1) is 44.6 Å². The highest BCUT2D eigenvalue weighted by Gasteiger charge is 2.26. The molecule has 1 aromatic rings. The second-order valence-corrected chi connectivity index (χ2v) is 12.9. The van der Waals surface area contributed by atoms with E-state index in [1.165, 1.54) is 24.3 Å². The minimum absolute atomic E-state index is 0.00331. The highest BCUT2D eigenvalue weighted by molar-refractivity contribution is 6.45. The monoisotopic (exact) mass is 662 g/mol. The van der Waals surface area contributed by atoms with Gasteiger partial charge in [-0.1, -0.05) is 13.3 Å². The van der Waals surface area contributed by atoms with E-state index in [0.29, 0.717) is 31.2 Å². The van der Waals surface area contributed by atoms with Crippen LogP contribution in [0.4, 0.5) is 0 Å². The molecule has 6 unspecified atom stereocenters. The molecular formula is C24H30Cl8O4. The maximum atomic E-state index is 12.3. The van der Waals surface area contributed by atoms with Gasteiger partial charge in [-0.2, -0.15) is 0 Å². The van der Waals surface area contributed by atoms with Crippen LogP contribution in [0.3, 0.4) is 0 Å². The summed E-state index contributed by atoms with van der Waals surface area (Å²) in [5, 5.41) is -2.39. The molecule has 0 aliphatic rings. The fourth-order valence-corrected chi connectivity index (χ4v) is 5.68. The van der Waals surface area contributed by atoms with Crippen molar-refractivity contribution in [2.24, 2.45) is 0 Å². The summed E-state index contributed by atoms with van der Waals surface area (Å²) in [6, 6.07) is 5.94. The number of halogens is 8. The van der Waals surface area contributed by atoms with Crippen LogP contribution < -0.4 is 0 Å². The predicted molar refractivity (Wildman–Crippen MR) is 154 cm³/mol. The minimum atomic E-state index is -0.623. The number of hydrogen-bond donors (Lipinski definition) is 0. The minimum Gasteiger partial charge on any atom is -0.462 e. The molecule has 0 amide bonds. The second kappa shape index (κ2) is 18.7. The van der Waals surface area contributed by atoms with Crippen LogP contribution in [-0.2, 0) is 9.47 Å². The third-order valence-corrected chi connectivity index (χ3v) is 8.74. The summed E-state index contributed by atoms with van der Waals surface area (Å²) < 4.78 is 10.5. The van der Waals surface area contributed by atoms with E-state index in [0.717, 1.165) is 12.8 Å². The molecule has 0 spiro atoms. The molecule has 0 bridgehead atoms. The fourth-order valence-electron chi connectivity index (χ4n) is 3.12. The van der Waals surface area contributed by atoms with Gasteiger partial charge in [0.1, 0.15) is 11.4 Å². The van der Waals surface area contributed by atoms with Crippen molar-refractivity contribution in [3.8, 4) is 0 Å². The Balaban J connectivity index is 2.40. The third-order valence-electron chi connectivity index (χ3n) is 5.14. The topological polar surface area (TPSA) is 52.6 Å². The molecule has 0 heterocycles. The normalized spacial score (nSPS) is 16.6. The van der Waals surface area contributed by atoms with Crippen LogP contribution in [0.25, 0.3) is 0 Å². The zero-order valence-corrected chi connectivity index (χ0v) is 25.7. The van der Waals surface area contributed by atoms with E-state index in [4.69, 9.17) is 102 Å². The lowest BCUT2D eigenvalue weighted by Gasteiger charge is -2.21. The van der Waals surface area contributed by atoms with E-state index in [2.05, 4.69) is 0 Å². The highest BCUT2D eigenvalue weighted by atomic mass is 35.5. The molecule has 4 nitrogen and oxygen atoms in total. The van der Waals surface area contributed by atoms with Crippen molar-refractivity contribution in [2.45, 2.75) is 82.5 Å². The Morgan fingerprint density at radius 2 is 1.28 bits per heavy atom. The Hall–Kier alpha value is 0.480. The second-order valence-electron chi connectivity index (χ2n) is 8.21. The average molecular weight is 666 g/mol. The Morgan fingerprint density at radius 1 is 0.722 bits per heavy atom. The van der Waals surface area contributed by atoms with Crippen molar-refractivity contribution >= 4 is 105 Å². The first-order chi connectivity index (χ1) is 17.0. The highest BCUT2D eigenvalue weighted by Crippen LogP contribution is 2.27. The molecule has 1 rings (SSSR count). The smallest absolute Gasteiger partial charge is 0.338 e. The van der Waals surface area contributed by atoms with Gasteiger partial charge in [0, 0.05) is 5.38 Å². The van der Waals surface area contributed by atoms with Crippen LogP contribution in [0, 0.1) is 0 Å². The molecule has 0 saturated heterocycles. The van der Waals surface area contributed by atoms with E-state index in [1.807, 2.05) is 6.92 Å². The molecule has 0 saturated carbocycles. The molecule has 0 N–H and O–H groups in total. The molecule has 0 aliphatic carbocycles. The standard InChI is InChI=1S/C24H30Cl8O4/c1-2-4-17(26)19(28)11-16(25)13-36-24(34)15-8-6-14(7-9-15)23(33)35-10-3-5-18(27)22(32)20(29)12-21(30)31/h6-9,16-22H,2-5,10-13H2,1H3. The Morgan fingerprint density at radius 3 is 1.81 bits per heavy atom. The first-order valence-corrected chi connectivity index (χ1v) is 15.0. The van der Waals surface area contributed by atoms with Crippen LogP contribution in [0.5, 0.6) is 0 Å². The van der Waals surface area contributed by atoms with Gasteiger partial charge in [-0.05, 0) is 56.4 Å². The van der Waals surface area contributed by atoms with Crippen LogP contribution in [0.1, 0.15) is 66.2 Å². The summed E-state index contributed by atoms with van der Waals surface area (Å²) in [6.07, 6.45) is 3.42. The predicted octanol–water partition coefficient (Wildman–Crippen LogP) is 8.81. The molecule has 206 valence electrons. The number of alkyl halides is 8. The van der Waals surface area contributed by atoms with Gasteiger partial charge >= 0.3 is 11.9 Å². The summed E-state index contributed by atoms with van der Waals surface area (Å²) in [4.78, 5) is 23.9. The number of benzene rings is 1. The van der Waals surface area contributed by atoms with Gasteiger partial charge in [-0.15, -0.1) is 92.8 Å². The summed E-state index contributed by atoms with van der Waals surface area (Å²) in [5.74, 6) is -1.08. The summed E-state index contributed by atoms with van der Waals surface area (Å²) >= 11 is 48.8. The first-order valence-electron chi connectivity index (χ1n) is 11.5. The number of ether oxygens (including phenoxy) is 2. The molecule has 0 aliphatic heterocycles. The van der Waals surface area contributed by atoms with Crippen molar-refractivity contribution < 1.29 is 19.1 Å². The number of carbonyl (C=O) groups excluding carboxylic acids is 2. The molecule has 0 radical (unpaired) electrons. The largest absolute Gasteiger partial charge is 0.462 e. The maximum absolute atomic E-state index is 12.3. The third kappa shape index (κ3) is 13.5. The molecule has 0 fully saturated rings. The maximum Gasteiger partial charge on any atom is 0.338 e. The van der Waals surface area contributed by atoms with Crippen molar-refractivity contribution in [1.29, 1.82) is 0 Å². The summed E-state index contributed by atoms with van der Waals surface area (Å²) in [7, 11) is 0. The zero-order chi connectivity index (χ0) is 27.3. The number of hydrogen-bond acceptors (Lipinski definition) is 4. The molecule has 0 aromatic heterocycles. The Labute approximate surface area is 253 Å². The van der Waals surface area contributed by atoms with E-state index < -0.39 is 38.3 Å². The average Bonchev–Trinajstić information content (AvgIpc) is 2.84. The molecular weight excluding hydrogens is 636 g/mol. The van der Waals surface area contributed by atoms with Crippen LogP contribution >= 0.6 is 92.8 Å². The lowest BCUT2D eigenvalue weighted by atomic mass is 10.1. The van der Waals surface area contributed by atoms with Gasteiger partial charge < -0.3 is 9.47 Å². The van der Waals surface area contributed by atoms with Crippen molar-refractivity contribution in [3.63, 3.8) is 0 Å². The summed E-state index contributed by atoms with van der Waals surface area (Å²) in [5.41, 5.74) is 0.577. The molecule has 6 atom stereocenters. The van der Waals surface area contributed by atoms with E-state index in [-0.39, 0.29) is 29.5 Å². The van der Waals surface area contributed by atoms with Crippen molar-refractivity contribution in [3.05, 3.63) is 35.4 Å².